The van der Waals surface area contributed by atoms with Crippen LogP contribution in [-0.4, -0.2) is 42.7 Å². The molecule has 6 nitrogen and oxygen atoms in total. The highest BCUT2D eigenvalue weighted by Crippen LogP contribution is 2.23. The molecular weight excluding hydrogens is 332 g/mol. The molecule has 1 aromatic heterocycles. The summed E-state index contributed by atoms with van der Waals surface area (Å²) >= 11 is 0. The molecule has 1 aliphatic heterocycles. The van der Waals surface area contributed by atoms with Crippen LogP contribution in [0.25, 0.3) is 10.9 Å². The largest absolute Gasteiger partial charge is 0.467 e. The van der Waals surface area contributed by atoms with E-state index in [9.17, 15) is 9.59 Å². The Kier molecular flexibility index (Phi) is 5.93. The van der Waals surface area contributed by atoms with E-state index in [1.807, 2.05) is 31.3 Å². The van der Waals surface area contributed by atoms with Crippen LogP contribution in [0.2, 0.25) is 0 Å². The van der Waals surface area contributed by atoms with Crippen molar-refractivity contribution in [2.45, 2.75) is 51.2 Å². The molecule has 1 amide bonds. The third-order valence-corrected chi connectivity index (χ3v) is 4.92. The summed E-state index contributed by atoms with van der Waals surface area (Å²) in [5.41, 5.74) is 2.80. The van der Waals surface area contributed by atoms with Crippen molar-refractivity contribution in [2.75, 3.05) is 13.7 Å². The highest BCUT2D eigenvalue weighted by atomic mass is 16.6. The number of rotatable bonds is 6. The summed E-state index contributed by atoms with van der Waals surface area (Å²) in [6, 6.07) is 5.77. The Morgan fingerprint density at radius 2 is 2.19 bits per heavy atom. The molecule has 1 saturated heterocycles. The van der Waals surface area contributed by atoms with Gasteiger partial charge in [0.2, 0.25) is 0 Å². The van der Waals surface area contributed by atoms with Crippen LogP contribution in [0.3, 0.4) is 0 Å². The Labute approximate surface area is 153 Å². The number of fused-ring (bicyclic) bond motifs is 1. The molecule has 1 aromatic carbocycles. The molecule has 2 heterocycles. The second-order valence-electron chi connectivity index (χ2n) is 6.83. The fourth-order valence-corrected chi connectivity index (χ4v) is 3.54. The zero-order chi connectivity index (χ0) is 18.5. The van der Waals surface area contributed by atoms with Crippen LogP contribution < -0.4 is 5.32 Å². The van der Waals surface area contributed by atoms with Crippen LogP contribution in [0.1, 0.15) is 48.0 Å². The number of hydrogen-bond donors (Lipinski definition) is 2. The molecule has 0 aliphatic carbocycles. The minimum atomic E-state index is -0.440. The number of aromatic amines is 1. The molecule has 1 aliphatic rings. The number of carbonyl (C=O) groups excluding carboxylic acids is 2. The number of methoxy groups -OCH3 is 1. The van der Waals surface area contributed by atoms with Gasteiger partial charge in [-0.15, -0.1) is 0 Å². The zero-order valence-electron chi connectivity index (χ0n) is 15.3. The van der Waals surface area contributed by atoms with E-state index < -0.39 is 6.10 Å². The molecule has 1 unspecified atom stereocenters. The first-order valence-corrected chi connectivity index (χ1v) is 9.17. The van der Waals surface area contributed by atoms with Crippen molar-refractivity contribution in [3.63, 3.8) is 0 Å². The van der Waals surface area contributed by atoms with Gasteiger partial charge in [0.1, 0.15) is 0 Å². The molecule has 0 radical (unpaired) electrons. The predicted molar refractivity (Wildman–Crippen MR) is 99.1 cm³/mol. The molecule has 2 atom stereocenters. The van der Waals surface area contributed by atoms with E-state index in [0.29, 0.717) is 12.1 Å². The van der Waals surface area contributed by atoms with E-state index in [-0.39, 0.29) is 18.0 Å². The number of aromatic nitrogens is 1. The van der Waals surface area contributed by atoms with Gasteiger partial charge in [-0.2, -0.15) is 0 Å². The number of ether oxygens (including phenoxy) is 2. The Balaban J connectivity index is 1.45. The molecule has 0 spiro atoms. The number of hydrogen-bond acceptors (Lipinski definition) is 4. The van der Waals surface area contributed by atoms with E-state index in [2.05, 4.69) is 10.3 Å². The van der Waals surface area contributed by atoms with Gasteiger partial charge in [-0.05, 0) is 62.8 Å². The molecule has 2 aromatic rings. The molecular formula is C20H26N2O4. The van der Waals surface area contributed by atoms with Gasteiger partial charge >= 0.3 is 5.97 Å². The third-order valence-electron chi connectivity index (χ3n) is 4.92. The van der Waals surface area contributed by atoms with Gasteiger partial charge in [0.05, 0.1) is 13.2 Å². The molecule has 140 valence electrons. The van der Waals surface area contributed by atoms with Gasteiger partial charge < -0.3 is 19.8 Å². The maximum atomic E-state index is 12.4. The number of H-pyrrole nitrogens is 1. The first kappa shape index (κ1) is 18.5. The van der Waals surface area contributed by atoms with Gasteiger partial charge in [0, 0.05) is 29.2 Å². The average Bonchev–Trinajstić information content (AvgIpc) is 3.14. The van der Waals surface area contributed by atoms with Crippen LogP contribution in [0.4, 0.5) is 0 Å². The predicted octanol–water partition coefficient (Wildman–Crippen LogP) is 3.10. The Morgan fingerprint density at radius 3 is 3.00 bits per heavy atom. The lowest BCUT2D eigenvalue weighted by atomic mass is 10.0. The quantitative estimate of drug-likeness (QED) is 0.614. The maximum absolute atomic E-state index is 12.4. The van der Waals surface area contributed by atoms with E-state index in [0.717, 1.165) is 48.6 Å². The third kappa shape index (κ3) is 4.25. The average molecular weight is 358 g/mol. The Bertz CT molecular complexity index is 783. The summed E-state index contributed by atoms with van der Waals surface area (Å²) < 4.78 is 10.6. The van der Waals surface area contributed by atoms with E-state index in [1.54, 1.807) is 0 Å². The summed E-state index contributed by atoms with van der Waals surface area (Å²) in [7, 11) is 1.39. The lowest BCUT2D eigenvalue weighted by Crippen LogP contribution is -2.35. The van der Waals surface area contributed by atoms with Crippen molar-refractivity contribution in [1.29, 1.82) is 0 Å². The van der Waals surface area contributed by atoms with Gasteiger partial charge in [-0.1, -0.05) is 0 Å². The van der Waals surface area contributed by atoms with Crippen molar-refractivity contribution >= 4 is 22.8 Å². The standard InChI is InChI=1S/C20H26N2O4/c1-13-11-15(12-14-8-10-21-18(13)14)19(23)22-9-4-6-16-5-3-7-17(26-16)20(24)25-2/h8,10-12,16-17,21H,3-7,9H2,1-2H3,(H,22,23)/t16-,17?/m1/s1. The van der Waals surface area contributed by atoms with Gasteiger partial charge in [-0.25, -0.2) is 4.79 Å². The van der Waals surface area contributed by atoms with Crippen LogP contribution in [-0.2, 0) is 14.3 Å². The number of aryl methyl sites for hydroxylation is 1. The highest BCUT2D eigenvalue weighted by Gasteiger charge is 2.28. The normalized spacial score (nSPS) is 20.1. The summed E-state index contributed by atoms with van der Waals surface area (Å²) in [6.45, 7) is 2.58. The number of benzene rings is 1. The molecule has 3 rings (SSSR count). The maximum Gasteiger partial charge on any atom is 0.334 e. The first-order valence-electron chi connectivity index (χ1n) is 9.17. The Hall–Kier alpha value is -2.34. The highest BCUT2D eigenvalue weighted by molar-refractivity contribution is 5.99. The SMILES string of the molecule is COC(=O)C1CCC[C@H](CCCNC(=O)c2cc(C)c3[nH]ccc3c2)O1. The number of carbonyl (C=O) groups is 2. The van der Waals surface area contributed by atoms with E-state index in [1.165, 1.54) is 7.11 Å². The lowest BCUT2D eigenvalue weighted by Gasteiger charge is -2.28. The molecule has 1 fully saturated rings. The van der Waals surface area contributed by atoms with Gasteiger partial charge in [-0.3, -0.25) is 4.79 Å². The van der Waals surface area contributed by atoms with Crippen molar-refractivity contribution < 1.29 is 19.1 Å². The van der Waals surface area contributed by atoms with Crippen molar-refractivity contribution in [2.24, 2.45) is 0 Å². The van der Waals surface area contributed by atoms with Gasteiger partial charge in [0.15, 0.2) is 6.10 Å². The summed E-state index contributed by atoms with van der Waals surface area (Å²) in [6.07, 6.45) is 5.77. The van der Waals surface area contributed by atoms with Crippen LogP contribution in [0, 0.1) is 6.92 Å². The fourth-order valence-electron chi connectivity index (χ4n) is 3.54. The van der Waals surface area contributed by atoms with Crippen LogP contribution >= 0.6 is 0 Å². The minimum Gasteiger partial charge on any atom is -0.467 e. The molecule has 0 saturated carbocycles. The topological polar surface area (TPSA) is 80.4 Å². The Morgan fingerprint density at radius 1 is 1.35 bits per heavy atom. The number of amides is 1. The molecule has 6 heteroatoms. The second-order valence-corrected chi connectivity index (χ2v) is 6.83. The lowest BCUT2D eigenvalue weighted by molar-refractivity contribution is -0.163. The number of esters is 1. The van der Waals surface area contributed by atoms with Crippen molar-refractivity contribution in [3.05, 3.63) is 35.5 Å². The monoisotopic (exact) mass is 358 g/mol. The second kappa shape index (κ2) is 8.36. The van der Waals surface area contributed by atoms with Gasteiger partial charge in [0.25, 0.3) is 5.91 Å². The smallest absolute Gasteiger partial charge is 0.334 e. The molecule has 26 heavy (non-hydrogen) atoms. The van der Waals surface area contributed by atoms with Crippen molar-refractivity contribution in [3.8, 4) is 0 Å². The van der Waals surface area contributed by atoms with Crippen molar-refractivity contribution in [1.82, 2.24) is 10.3 Å². The zero-order valence-corrected chi connectivity index (χ0v) is 15.3. The fraction of sp³-hybridized carbons (Fsp3) is 0.500. The summed E-state index contributed by atoms with van der Waals surface area (Å²) in [4.78, 5) is 27.1. The minimum absolute atomic E-state index is 0.0585. The van der Waals surface area contributed by atoms with E-state index >= 15 is 0 Å². The van der Waals surface area contributed by atoms with Crippen LogP contribution in [0.15, 0.2) is 24.4 Å². The molecule has 2 N–H and O–H groups in total. The first-order chi connectivity index (χ1) is 12.6. The van der Waals surface area contributed by atoms with Crippen LogP contribution in [0.5, 0.6) is 0 Å². The number of nitrogens with one attached hydrogen (secondary N) is 2. The summed E-state index contributed by atoms with van der Waals surface area (Å²) in [5.74, 6) is -0.355. The summed E-state index contributed by atoms with van der Waals surface area (Å²) in [5, 5.41) is 4.01. The molecule has 0 bridgehead atoms. The van der Waals surface area contributed by atoms with E-state index in [4.69, 9.17) is 9.47 Å².